The summed E-state index contributed by atoms with van der Waals surface area (Å²) in [6.45, 7) is 5.82. The molecular formula is C14H21NO2. The zero-order valence-electron chi connectivity index (χ0n) is 11.2. The number of carboxylic acid groups (broad SMARTS) is 1. The maximum absolute atomic E-state index is 11.2. The van der Waals surface area contributed by atoms with E-state index in [-0.39, 0.29) is 6.04 Å². The maximum Gasteiger partial charge on any atom is 0.308 e. The van der Waals surface area contributed by atoms with Crippen molar-refractivity contribution in [1.82, 2.24) is 4.90 Å². The lowest BCUT2D eigenvalue weighted by Gasteiger charge is -2.29. The van der Waals surface area contributed by atoms with Crippen molar-refractivity contribution in [3.8, 4) is 0 Å². The molecule has 0 bridgehead atoms. The topological polar surface area (TPSA) is 40.5 Å². The van der Waals surface area contributed by atoms with Gasteiger partial charge < -0.3 is 10.0 Å². The molecule has 0 spiro atoms. The third kappa shape index (κ3) is 3.07. The van der Waals surface area contributed by atoms with Gasteiger partial charge in [0.05, 0.1) is 5.92 Å². The molecule has 1 aromatic carbocycles. The summed E-state index contributed by atoms with van der Waals surface area (Å²) in [7, 11) is 3.84. The summed E-state index contributed by atoms with van der Waals surface area (Å²) in [5.41, 5.74) is 3.40. The Balaban J connectivity index is 3.22. The summed E-state index contributed by atoms with van der Waals surface area (Å²) in [6, 6.07) is 6.10. The largest absolute Gasteiger partial charge is 0.481 e. The molecule has 0 aromatic heterocycles. The first kappa shape index (κ1) is 13.7. The molecule has 0 aliphatic carbocycles. The Labute approximate surface area is 103 Å². The van der Waals surface area contributed by atoms with Gasteiger partial charge in [0, 0.05) is 6.04 Å². The quantitative estimate of drug-likeness (QED) is 0.872. The molecule has 0 heterocycles. The van der Waals surface area contributed by atoms with Crippen LogP contribution in [0.15, 0.2) is 18.2 Å². The van der Waals surface area contributed by atoms with Crippen LogP contribution in [0.3, 0.4) is 0 Å². The summed E-state index contributed by atoms with van der Waals surface area (Å²) in [4.78, 5) is 13.2. The molecule has 0 fully saturated rings. The zero-order valence-corrected chi connectivity index (χ0v) is 11.2. The molecule has 1 aromatic rings. The van der Waals surface area contributed by atoms with Crippen molar-refractivity contribution in [1.29, 1.82) is 0 Å². The van der Waals surface area contributed by atoms with E-state index in [4.69, 9.17) is 0 Å². The van der Waals surface area contributed by atoms with E-state index in [0.717, 1.165) is 16.7 Å². The summed E-state index contributed by atoms with van der Waals surface area (Å²) < 4.78 is 0. The van der Waals surface area contributed by atoms with Crippen molar-refractivity contribution in [2.75, 3.05) is 14.1 Å². The summed E-state index contributed by atoms with van der Waals surface area (Å²) >= 11 is 0. The molecule has 1 N–H and O–H groups in total. The fourth-order valence-corrected chi connectivity index (χ4v) is 2.21. The lowest BCUT2D eigenvalue weighted by atomic mass is 9.89. The van der Waals surface area contributed by atoms with Crippen molar-refractivity contribution < 1.29 is 9.90 Å². The van der Waals surface area contributed by atoms with Crippen LogP contribution < -0.4 is 0 Å². The highest BCUT2D eigenvalue weighted by Gasteiger charge is 2.28. The van der Waals surface area contributed by atoms with Gasteiger partial charge in [0.1, 0.15) is 0 Å². The number of carbonyl (C=O) groups is 1. The van der Waals surface area contributed by atoms with E-state index >= 15 is 0 Å². The minimum Gasteiger partial charge on any atom is -0.481 e. The molecular weight excluding hydrogens is 214 g/mol. The van der Waals surface area contributed by atoms with Crippen molar-refractivity contribution in [2.24, 2.45) is 5.92 Å². The fraction of sp³-hybridized carbons (Fsp3) is 0.500. The number of aliphatic carboxylic acids is 1. The Hall–Kier alpha value is -1.35. The van der Waals surface area contributed by atoms with Crippen LogP contribution in [0.1, 0.15) is 29.7 Å². The Morgan fingerprint density at radius 1 is 1.29 bits per heavy atom. The van der Waals surface area contributed by atoms with Gasteiger partial charge in [-0.15, -0.1) is 0 Å². The average Bonchev–Trinajstić information content (AvgIpc) is 2.22. The highest BCUT2D eigenvalue weighted by Crippen LogP contribution is 2.30. The van der Waals surface area contributed by atoms with Crippen LogP contribution in [-0.4, -0.2) is 30.1 Å². The van der Waals surface area contributed by atoms with Gasteiger partial charge in [-0.25, -0.2) is 0 Å². The van der Waals surface area contributed by atoms with Gasteiger partial charge in [0.2, 0.25) is 0 Å². The van der Waals surface area contributed by atoms with E-state index in [9.17, 15) is 9.90 Å². The Kier molecular flexibility index (Phi) is 4.29. The first-order valence-electron chi connectivity index (χ1n) is 5.81. The highest BCUT2D eigenvalue weighted by molar-refractivity contribution is 5.71. The number of carboxylic acids is 1. The van der Waals surface area contributed by atoms with Gasteiger partial charge in [-0.3, -0.25) is 4.79 Å². The van der Waals surface area contributed by atoms with Gasteiger partial charge in [0.25, 0.3) is 0 Å². The van der Waals surface area contributed by atoms with Crippen LogP contribution in [-0.2, 0) is 4.79 Å². The molecule has 0 saturated heterocycles. The molecule has 2 atom stereocenters. The van der Waals surface area contributed by atoms with Crippen molar-refractivity contribution in [2.45, 2.75) is 26.8 Å². The van der Waals surface area contributed by atoms with Crippen LogP contribution in [0.5, 0.6) is 0 Å². The summed E-state index contributed by atoms with van der Waals surface area (Å²) in [5, 5.41) is 9.20. The molecule has 0 radical (unpaired) electrons. The van der Waals surface area contributed by atoms with Crippen LogP contribution in [0.25, 0.3) is 0 Å². The lowest BCUT2D eigenvalue weighted by molar-refractivity contribution is -0.143. The molecule has 94 valence electrons. The molecule has 0 aliphatic heterocycles. The van der Waals surface area contributed by atoms with Gasteiger partial charge in [-0.1, -0.05) is 30.7 Å². The standard InChI is InChI=1S/C14H21NO2/c1-9-6-7-10(2)12(8-9)13(15(4)5)11(3)14(16)17/h6-8,11,13H,1-5H3,(H,16,17). The number of rotatable bonds is 4. The highest BCUT2D eigenvalue weighted by atomic mass is 16.4. The second kappa shape index (κ2) is 5.32. The average molecular weight is 235 g/mol. The second-order valence-corrected chi connectivity index (χ2v) is 4.90. The Morgan fingerprint density at radius 2 is 1.88 bits per heavy atom. The van der Waals surface area contributed by atoms with Crippen molar-refractivity contribution in [3.05, 3.63) is 34.9 Å². The van der Waals surface area contributed by atoms with Gasteiger partial charge in [-0.2, -0.15) is 0 Å². The van der Waals surface area contributed by atoms with E-state index in [0.29, 0.717) is 0 Å². The van der Waals surface area contributed by atoms with Gasteiger partial charge in [0.15, 0.2) is 0 Å². The predicted molar refractivity (Wildman–Crippen MR) is 69.1 cm³/mol. The Bertz CT molecular complexity index is 413. The molecule has 3 heteroatoms. The second-order valence-electron chi connectivity index (χ2n) is 4.90. The molecule has 0 amide bonds. The van der Waals surface area contributed by atoms with E-state index in [1.807, 2.05) is 32.8 Å². The van der Waals surface area contributed by atoms with E-state index in [1.165, 1.54) is 0 Å². The van der Waals surface area contributed by atoms with Gasteiger partial charge >= 0.3 is 5.97 Å². The number of hydrogen-bond acceptors (Lipinski definition) is 2. The number of nitrogens with zero attached hydrogens (tertiary/aromatic N) is 1. The normalized spacial score (nSPS) is 14.7. The zero-order chi connectivity index (χ0) is 13.2. The SMILES string of the molecule is Cc1ccc(C)c(C(C(C)C(=O)O)N(C)C)c1. The molecule has 0 saturated carbocycles. The van der Waals surface area contributed by atoms with Gasteiger partial charge in [-0.05, 0) is 39.1 Å². The van der Waals surface area contributed by atoms with Crippen LogP contribution in [0.4, 0.5) is 0 Å². The lowest BCUT2D eigenvalue weighted by Crippen LogP contribution is -2.31. The first-order valence-corrected chi connectivity index (χ1v) is 5.81. The monoisotopic (exact) mass is 235 g/mol. The number of benzene rings is 1. The third-order valence-corrected chi connectivity index (χ3v) is 3.17. The molecule has 2 unspecified atom stereocenters. The molecule has 17 heavy (non-hydrogen) atoms. The molecule has 0 aliphatic rings. The fourth-order valence-electron chi connectivity index (χ4n) is 2.21. The predicted octanol–water partition coefficient (Wildman–Crippen LogP) is 2.63. The summed E-state index contributed by atoms with van der Waals surface area (Å²) in [5.74, 6) is -1.19. The number of aryl methyl sites for hydroxylation is 2. The third-order valence-electron chi connectivity index (χ3n) is 3.17. The van der Waals surface area contributed by atoms with Crippen LogP contribution >= 0.6 is 0 Å². The first-order chi connectivity index (χ1) is 7.84. The molecule has 3 nitrogen and oxygen atoms in total. The van der Waals surface area contributed by atoms with Crippen molar-refractivity contribution >= 4 is 5.97 Å². The summed E-state index contributed by atoms with van der Waals surface area (Å²) in [6.07, 6.45) is 0. The van der Waals surface area contributed by atoms with E-state index in [1.54, 1.807) is 6.92 Å². The molecule has 1 rings (SSSR count). The van der Waals surface area contributed by atoms with Crippen LogP contribution in [0.2, 0.25) is 0 Å². The Morgan fingerprint density at radius 3 is 2.35 bits per heavy atom. The minimum atomic E-state index is -0.760. The van der Waals surface area contributed by atoms with Crippen LogP contribution in [0, 0.1) is 19.8 Å². The minimum absolute atomic E-state index is 0.0904. The smallest absolute Gasteiger partial charge is 0.308 e. The van der Waals surface area contributed by atoms with Crippen molar-refractivity contribution in [3.63, 3.8) is 0 Å². The van der Waals surface area contributed by atoms with E-state index in [2.05, 4.69) is 18.2 Å². The maximum atomic E-state index is 11.2. The van der Waals surface area contributed by atoms with E-state index < -0.39 is 11.9 Å². The number of hydrogen-bond donors (Lipinski definition) is 1.